The number of hydrogen-bond acceptors (Lipinski definition) is 3. The van der Waals surface area contributed by atoms with Crippen molar-refractivity contribution in [2.75, 3.05) is 5.73 Å². The molecule has 2 aromatic heterocycles. The van der Waals surface area contributed by atoms with Crippen molar-refractivity contribution in [3.05, 3.63) is 60.8 Å². The summed E-state index contributed by atoms with van der Waals surface area (Å²) in [6.07, 6.45) is 7.19. The lowest BCUT2D eigenvalue weighted by atomic mass is 10.1. The first-order valence-corrected chi connectivity index (χ1v) is 6.05. The van der Waals surface area contributed by atoms with E-state index < -0.39 is 0 Å². The van der Waals surface area contributed by atoms with Gasteiger partial charge in [-0.3, -0.25) is 4.98 Å². The maximum Gasteiger partial charge on any atom is 0.0992 e. The van der Waals surface area contributed by atoms with E-state index in [9.17, 15) is 0 Å². The number of nitrogens with two attached hydrogens (primary N) is 1. The minimum Gasteiger partial charge on any atom is -0.398 e. The minimum absolute atomic E-state index is 0.753. The Hall–Kier alpha value is -2.62. The summed E-state index contributed by atoms with van der Waals surface area (Å²) >= 11 is 0. The van der Waals surface area contributed by atoms with Crippen molar-refractivity contribution in [3.63, 3.8) is 0 Å². The number of aryl methyl sites for hydroxylation is 1. The van der Waals surface area contributed by atoms with E-state index >= 15 is 0 Å². The number of pyridine rings is 1. The molecular weight excluding hydrogens is 236 g/mol. The average molecular weight is 250 g/mol. The predicted octanol–water partition coefficient (Wildman–Crippen LogP) is 2.82. The fraction of sp³-hybridized carbons (Fsp3) is 0.0667. The molecule has 0 aliphatic heterocycles. The highest BCUT2D eigenvalue weighted by Gasteiger charge is 2.04. The number of hydrogen-bond donors (Lipinski definition) is 1. The molecule has 0 unspecified atom stereocenters. The van der Waals surface area contributed by atoms with Gasteiger partial charge in [0.2, 0.25) is 0 Å². The summed E-state index contributed by atoms with van der Waals surface area (Å²) in [6, 6.07) is 9.97. The van der Waals surface area contributed by atoms with Gasteiger partial charge in [-0.2, -0.15) is 0 Å². The second kappa shape index (κ2) is 4.57. The third-order valence-electron chi connectivity index (χ3n) is 3.03. The van der Waals surface area contributed by atoms with Crippen molar-refractivity contribution in [2.24, 2.45) is 0 Å². The van der Waals surface area contributed by atoms with Crippen LogP contribution in [-0.4, -0.2) is 14.5 Å². The smallest absolute Gasteiger partial charge is 0.0992 e. The molecule has 19 heavy (non-hydrogen) atoms. The van der Waals surface area contributed by atoms with E-state index in [4.69, 9.17) is 5.73 Å². The molecule has 3 rings (SSSR count). The summed E-state index contributed by atoms with van der Waals surface area (Å²) in [4.78, 5) is 8.48. The molecule has 0 amide bonds. The van der Waals surface area contributed by atoms with E-state index in [2.05, 4.69) is 9.97 Å². The highest BCUT2D eigenvalue weighted by Crippen LogP contribution is 2.25. The van der Waals surface area contributed by atoms with E-state index in [1.807, 2.05) is 54.2 Å². The van der Waals surface area contributed by atoms with Gasteiger partial charge in [0, 0.05) is 23.6 Å². The van der Waals surface area contributed by atoms with Crippen LogP contribution in [-0.2, 0) is 0 Å². The van der Waals surface area contributed by atoms with Crippen LogP contribution in [0.15, 0.2) is 55.2 Å². The average Bonchev–Trinajstić information content (AvgIpc) is 2.93. The Morgan fingerprint density at radius 3 is 2.68 bits per heavy atom. The Bertz CT molecular complexity index is 685. The van der Waals surface area contributed by atoms with E-state index in [1.165, 1.54) is 0 Å². The number of nitrogens with zero attached hydrogens (tertiary/aromatic N) is 3. The number of rotatable bonds is 2. The molecule has 0 radical (unpaired) electrons. The van der Waals surface area contributed by atoms with Crippen LogP contribution in [0.4, 0.5) is 5.69 Å². The lowest BCUT2D eigenvalue weighted by Crippen LogP contribution is -1.95. The SMILES string of the molecule is Cc1ccc(-c2ccc(-n3ccnc3)cn2)c(N)c1. The van der Waals surface area contributed by atoms with Gasteiger partial charge in [-0.15, -0.1) is 0 Å². The van der Waals surface area contributed by atoms with Crippen molar-refractivity contribution in [1.82, 2.24) is 14.5 Å². The first kappa shape index (κ1) is 11.5. The fourth-order valence-electron chi connectivity index (χ4n) is 2.03. The normalized spacial score (nSPS) is 10.6. The molecule has 0 aliphatic carbocycles. The molecule has 0 aliphatic rings. The molecule has 0 fully saturated rings. The van der Waals surface area contributed by atoms with Gasteiger partial charge in [0.05, 0.1) is 23.9 Å². The number of imidazole rings is 1. The molecule has 4 nitrogen and oxygen atoms in total. The van der Waals surface area contributed by atoms with Crippen molar-refractivity contribution in [3.8, 4) is 16.9 Å². The molecular formula is C15H14N4. The standard InChI is InChI=1S/C15H14N4/c1-11-2-4-13(14(16)8-11)15-5-3-12(9-18-15)19-7-6-17-10-19/h2-10H,16H2,1H3. The lowest BCUT2D eigenvalue weighted by molar-refractivity contribution is 1.04. The molecule has 0 saturated heterocycles. The molecule has 0 saturated carbocycles. The summed E-state index contributed by atoms with van der Waals surface area (Å²) in [5.74, 6) is 0. The summed E-state index contributed by atoms with van der Waals surface area (Å²) < 4.78 is 1.91. The number of anilines is 1. The van der Waals surface area contributed by atoms with Gasteiger partial charge in [0.1, 0.15) is 0 Å². The maximum atomic E-state index is 6.03. The third-order valence-corrected chi connectivity index (χ3v) is 3.03. The van der Waals surface area contributed by atoms with E-state index in [1.54, 1.807) is 12.5 Å². The third kappa shape index (κ3) is 2.20. The van der Waals surface area contributed by atoms with Crippen molar-refractivity contribution < 1.29 is 0 Å². The molecule has 3 aromatic rings. The topological polar surface area (TPSA) is 56.7 Å². The Morgan fingerprint density at radius 2 is 2.05 bits per heavy atom. The van der Waals surface area contributed by atoms with Gasteiger partial charge >= 0.3 is 0 Å². The van der Waals surface area contributed by atoms with Gasteiger partial charge in [-0.25, -0.2) is 4.98 Å². The van der Waals surface area contributed by atoms with Gasteiger partial charge < -0.3 is 10.3 Å². The Balaban J connectivity index is 1.98. The highest BCUT2D eigenvalue weighted by molar-refractivity contribution is 5.74. The Labute approximate surface area is 111 Å². The molecule has 0 spiro atoms. The predicted molar refractivity (Wildman–Crippen MR) is 75.9 cm³/mol. The second-order valence-corrected chi connectivity index (χ2v) is 4.46. The van der Waals surface area contributed by atoms with E-state index in [-0.39, 0.29) is 0 Å². The zero-order valence-corrected chi connectivity index (χ0v) is 10.6. The monoisotopic (exact) mass is 250 g/mol. The van der Waals surface area contributed by atoms with E-state index in [0.717, 1.165) is 28.2 Å². The zero-order chi connectivity index (χ0) is 13.2. The summed E-state index contributed by atoms with van der Waals surface area (Å²) in [7, 11) is 0. The van der Waals surface area contributed by atoms with Gasteiger partial charge in [-0.05, 0) is 30.7 Å². The minimum atomic E-state index is 0.753. The van der Waals surface area contributed by atoms with Crippen molar-refractivity contribution >= 4 is 5.69 Å². The number of aromatic nitrogens is 3. The number of nitrogen functional groups attached to an aromatic ring is 1. The van der Waals surface area contributed by atoms with Crippen LogP contribution in [0, 0.1) is 6.92 Å². The molecule has 94 valence electrons. The Morgan fingerprint density at radius 1 is 1.16 bits per heavy atom. The van der Waals surface area contributed by atoms with Crippen LogP contribution in [0.3, 0.4) is 0 Å². The van der Waals surface area contributed by atoms with Crippen molar-refractivity contribution in [1.29, 1.82) is 0 Å². The molecule has 1 aromatic carbocycles. The molecule has 0 atom stereocenters. The summed E-state index contributed by atoms with van der Waals surface area (Å²) in [5.41, 5.74) is 10.7. The van der Waals surface area contributed by atoms with Crippen molar-refractivity contribution in [2.45, 2.75) is 6.92 Å². The number of benzene rings is 1. The molecule has 2 N–H and O–H groups in total. The van der Waals surface area contributed by atoms with Crippen LogP contribution in [0.1, 0.15) is 5.56 Å². The largest absolute Gasteiger partial charge is 0.398 e. The quantitative estimate of drug-likeness (QED) is 0.711. The molecule has 2 heterocycles. The van der Waals surface area contributed by atoms with Gasteiger partial charge in [0.25, 0.3) is 0 Å². The van der Waals surface area contributed by atoms with E-state index in [0.29, 0.717) is 0 Å². The zero-order valence-electron chi connectivity index (χ0n) is 10.6. The first-order valence-electron chi connectivity index (χ1n) is 6.05. The lowest BCUT2D eigenvalue weighted by Gasteiger charge is -2.07. The second-order valence-electron chi connectivity index (χ2n) is 4.46. The fourth-order valence-corrected chi connectivity index (χ4v) is 2.03. The maximum absolute atomic E-state index is 6.03. The Kier molecular flexibility index (Phi) is 2.76. The van der Waals surface area contributed by atoms with Crippen LogP contribution < -0.4 is 5.73 Å². The molecule has 0 bridgehead atoms. The summed E-state index contributed by atoms with van der Waals surface area (Å²) in [5, 5.41) is 0. The van der Waals surface area contributed by atoms with Gasteiger partial charge in [-0.1, -0.05) is 12.1 Å². The van der Waals surface area contributed by atoms with Crippen LogP contribution >= 0.6 is 0 Å². The molecule has 4 heteroatoms. The van der Waals surface area contributed by atoms with Crippen LogP contribution in [0.2, 0.25) is 0 Å². The highest BCUT2D eigenvalue weighted by atomic mass is 15.0. The first-order chi connectivity index (χ1) is 9.24. The van der Waals surface area contributed by atoms with Crippen LogP contribution in [0.25, 0.3) is 16.9 Å². The van der Waals surface area contributed by atoms with Gasteiger partial charge in [0.15, 0.2) is 0 Å². The summed E-state index contributed by atoms with van der Waals surface area (Å²) in [6.45, 7) is 2.02. The van der Waals surface area contributed by atoms with Crippen LogP contribution in [0.5, 0.6) is 0 Å².